The lowest BCUT2D eigenvalue weighted by atomic mass is 10.1. The number of hydrogen-bond donors (Lipinski definition) is 2. The Bertz CT molecular complexity index is 1260. The smallest absolute Gasteiger partial charge is 0.255 e. The van der Waals surface area contributed by atoms with Crippen molar-refractivity contribution in [1.29, 1.82) is 0 Å². The molecule has 178 valence electrons. The Morgan fingerprint density at radius 3 is 2.18 bits per heavy atom. The van der Waals surface area contributed by atoms with Crippen molar-refractivity contribution in [1.82, 2.24) is 5.32 Å². The Labute approximate surface area is 198 Å². The standard InChI is InChI=1S/C25H26FN3O4S/c1-3-16-27-25(31)22-6-4-5-7-23(22)28-24(30)19-10-14-21(15-11-19)29(34(2,32)33)17-18-8-12-20(26)13-9-18/h4-15H,3,16-17H2,1-2H3,(H,27,31)(H,28,30). The third-order valence-electron chi connectivity index (χ3n) is 5.01. The molecule has 0 aliphatic rings. The molecular formula is C25H26FN3O4S. The zero-order chi connectivity index (χ0) is 24.7. The number of nitrogens with zero attached hydrogens (tertiary/aromatic N) is 1. The molecule has 3 rings (SSSR count). The monoisotopic (exact) mass is 483 g/mol. The Hall–Kier alpha value is -3.72. The van der Waals surface area contributed by atoms with E-state index in [2.05, 4.69) is 10.6 Å². The summed E-state index contributed by atoms with van der Waals surface area (Å²) in [5, 5.41) is 5.53. The van der Waals surface area contributed by atoms with Gasteiger partial charge in [-0.15, -0.1) is 0 Å². The summed E-state index contributed by atoms with van der Waals surface area (Å²) in [6.07, 6.45) is 1.87. The molecule has 0 aliphatic heterocycles. The van der Waals surface area contributed by atoms with Crippen LogP contribution >= 0.6 is 0 Å². The molecule has 0 aromatic heterocycles. The first-order chi connectivity index (χ1) is 16.2. The molecule has 0 fully saturated rings. The van der Waals surface area contributed by atoms with E-state index < -0.39 is 21.7 Å². The van der Waals surface area contributed by atoms with Gasteiger partial charge in [-0.1, -0.05) is 31.2 Å². The number of carbonyl (C=O) groups is 2. The second-order valence-electron chi connectivity index (χ2n) is 7.70. The molecule has 3 aromatic rings. The van der Waals surface area contributed by atoms with Gasteiger partial charge in [-0.2, -0.15) is 0 Å². The number of benzene rings is 3. The summed E-state index contributed by atoms with van der Waals surface area (Å²) in [6.45, 7) is 2.49. The van der Waals surface area contributed by atoms with E-state index in [9.17, 15) is 22.4 Å². The van der Waals surface area contributed by atoms with Crippen molar-refractivity contribution >= 4 is 33.2 Å². The van der Waals surface area contributed by atoms with Crippen LogP contribution in [0.4, 0.5) is 15.8 Å². The SMILES string of the molecule is CCCNC(=O)c1ccccc1NC(=O)c1ccc(N(Cc2ccc(F)cc2)S(C)(=O)=O)cc1. The van der Waals surface area contributed by atoms with E-state index >= 15 is 0 Å². The Morgan fingerprint density at radius 2 is 1.56 bits per heavy atom. The fourth-order valence-corrected chi connectivity index (χ4v) is 4.14. The van der Waals surface area contributed by atoms with Gasteiger partial charge in [-0.3, -0.25) is 13.9 Å². The van der Waals surface area contributed by atoms with Crippen molar-refractivity contribution in [2.24, 2.45) is 0 Å². The molecule has 0 saturated heterocycles. The number of carbonyl (C=O) groups excluding carboxylic acids is 2. The van der Waals surface area contributed by atoms with E-state index in [1.165, 1.54) is 52.8 Å². The van der Waals surface area contributed by atoms with Crippen molar-refractivity contribution in [3.8, 4) is 0 Å². The van der Waals surface area contributed by atoms with Crippen LogP contribution in [0.2, 0.25) is 0 Å². The maximum atomic E-state index is 13.2. The molecule has 7 nitrogen and oxygen atoms in total. The summed E-state index contributed by atoms with van der Waals surface area (Å²) in [5.41, 5.74) is 2.00. The Morgan fingerprint density at radius 1 is 0.912 bits per heavy atom. The lowest BCUT2D eigenvalue weighted by Crippen LogP contribution is -2.29. The van der Waals surface area contributed by atoms with Gasteiger partial charge in [0.15, 0.2) is 0 Å². The third-order valence-corrected chi connectivity index (χ3v) is 6.15. The molecule has 0 spiro atoms. The number of para-hydroxylation sites is 1. The molecule has 9 heteroatoms. The van der Waals surface area contributed by atoms with Crippen LogP contribution in [0.25, 0.3) is 0 Å². The zero-order valence-corrected chi connectivity index (χ0v) is 19.7. The predicted molar refractivity (Wildman–Crippen MR) is 131 cm³/mol. The Kier molecular flexibility index (Phi) is 8.01. The van der Waals surface area contributed by atoms with Crippen LogP contribution < -0.4 is 14.9 Å². The van der Waals surface area contributed by atoms with Crippen LogP contribution in [-0.4, -0.2) is 33.0 Å². The first kappa shape index (κ1) is 24.9. The van der Waals surface area contributed by atoms with Crippen LogP contribution in [-0.2, 0) is 16.6 Å². The fourth-order valence-electron chi connectivity index (χ4n) is 3.25. The minimum absolute atomic E-state index is 0.0188. The highest BCUT2D eigenvalue weighted by atomic mass is 32.2. The van der Waals surface area contributed by atoms with E-state index in [1.54, 1.807) is 24.3 Å². The van der Waals surface area contributed by atoms with Gasteiger partial charge >= 0.3 is 0 Å². The number of halogens is 1. The molecule has 0 bridgehead atoms. The second kappa shape index (κ2) is 10.9. The van der Waals surface area contributed by atoms with Crippen LogP contribution in [0.1, 0.15) is 39.6 Å². The Balaban J connectivity index is 1.78. The van der Waals surface area contributed by atoms with Crippen molar-refractivity contribution < 1.29 is 22.4 Å². The van der Waals surface area contributed by atoms with Crippen LogP contribution in [0.15, 0.2) is 72.8 Å². The zero-order valence-electron chi connectivity index (χ0n) is 18.9. The van der Waals surface area contributed by atoms with Gasteiger partial charge in [0.1, 0.15) is 5.82 Å². The largest absolute Gasteiger partial charge is 0.352 e. The molecule has 34 heavy (non-hydrogen) atoms. The van der Waals surface area contributed by atoms with E-state index in [0.29, 0.717) is 34.6 Å². The number of nitrogens with one attached hydrogen (secondary N) is 2. The van der Waals surface area contributed by atoms with E-state index in [1.807, 2.05) is 6.92 Å². The van der Waals surface area contributed by atoms with Gasteiger partial charge < -0.3 is 10.6 Å². The first-order valence-corrected chi connectivity index (χ1v) is 12.5. The summed E-state index contributed by atoms with van der Waals surface area (Å²) in [5.74, 6) is -1.13. The lowest BCUT2D eigenvalue weighted by molar-refractivity contribution is 0.0954. The van der Waals surface area contributed by atoms with E-state index in [4.69, 9.17) is 0 Å². The predicted octanol–water partition coefficient (Wildman–Crippen LogP) is 4.18. The van der Waals surface area contributed by atoms with Gasteiger partial charge in [0.05, 0.1) is 29.7 Å². The summed E-state index contributed by atoms with van der Waals surface area (Å²) in [4.78, 5) is 25.2. The molecule has 2 N–H and O–H groups in total. The highest BCUT2D eigenvalue weighted by molar-refractivity contribution is 7.92. The van der Waals surface area contributed by atoms with Gasteiger partial charge in [-0.05, 0) is 60.5 Å². The maximum Gasteiger partial charge on any atom is 0.255 e. The molecule has 0 saturated carbocycles. The molecule has 0 heterocycles. The average molecular weight is 484 g/mol. The first-order valence-electron chi connectivity index (χ1n) is 10.7. The van der Waals surface area contributed by atoms with Crippen molar-refractivity contribution in [2.45, 2.75) is 19.9 Å². The number of rotatable bonds is 9. The highest BCUT2D eigenvalue weighted by Crippen LogP contribution is 2.22. The normalized spacial score (nSPS) is 11.0. The van der Waals surface area contributed by atoms with Crippen LogP contribution in [0.3, 0.4) is 0 Å². The molecule has 3 aromatic carbocycles. The third kappa shape index (κ3) is 6.41. The molecule has 0 unspecified atom stereocenters. The average Bonchev–Trinajstić information content (AvgIpc) is 2.82. The minimum atomic E-state index is -3.64. The minimum Gasteiger partial charge on any atom is -0.352 e. The van der Waals surface area contributed by atoms with Crippen LogP contribution in [0, 0.1) is 5.82 Å². The summed E-state index contributed by atoms with van der Waals surface area (Å²) >= 11 is 0. The van der Waals surface area contributed by atoms with Crippen LogP contribution in [0.5, 0.6) is 0 Å². The van der Waals surface area contributed by atoms with E-state index in [-0.39, 0.29) is 12.5 Å². The maximum absolute atomic E-state index is 13.2. The van der Waals surface area contributed by atoms with Gasteiger partial charge in [-0.25, -0.2) is 12.8 Å². The van der Waals surface area contributed by atoms with Crippen molar-refractivity contribution in [3.63, 3.8) is 0 Å². The number of amides is 2. The van der Waals surface area contributed by atoms with Crippen molar-refractivity contribution in [3.05, 3.63) is 95.3 Å². The second-order valence-corrected chi connectivity index (χ2v) is 9.61. The molecular weight excluding hydrogens is 457 g/mol. The molecule has 2 amide bonds. The summed E-state index contributed by atoms with van der Waals surface area (Å²) in [7, 11) is -3.64. The molecule has 0 aliphatic carbocycles. The highest BCUT2D eigenvalue weighted by Gasteiger charge is 2.19. The molecule has 0 atom stereocenters. The van der Waals surface area contributed by atoms with E-state index in [0.717, 1.165) is 12.7 Å². The van der Waals surface area contributed by atoms with Gasteiger partial charge in [0.2, 0.25) is 10.0 Å². The lowest BCUT2D eigenvalue weighted by Gasteiger charge is -2.23. The van der Waals surface area contributed by atoms with Crippen molar-refractivity contribution in [2.75, 3.05) is 22.4 Å². The summed E-state index contributed by atoms with van der Waals surface area (Å²) in [6, 6.07) is 18.3. The van der Waals surface area contributed by atoms with Gasteiger partial charge in [0.25, 0.3) is 11.8 Å². The van der Waals surface area contributed by atoms with Gasteiger partial charge in [0, 0.05) is 12.1 Å². The molecule has 0 radical (unpaired) electrons. The summed E-state index contributed by atoms with van der Waals surface area (Å²) < 4.78 is 39.1. The number of anilines is 2. The topological polar surface area (TPSA) is 95.6 Å². The number of hydrogen-bond acceptors (Lipinski definition) is 4. The quantitative estimate of drug-likeness (QED) is 0.477. The fraction of sp³-hybridized carbons (Fsp3) is 0.200. The number of sulfonamides is 1.